The van der Waals surface area contributed by atoms with E-state index in [4.69, 9.17) is 15.5 Å². The van der Waals surface area contributed by atoms with E-state index in [1.54, 1.807) is 19.5 Å². The number of nitriles is 1. The minimum absolute atomic E-state index is 0.121. The molecule has 2 aliphatic carbocycles. The number of hydrogen-bond acceptors (Lipinski definition) is 7. The summed E-state index contributed by atoms with van der Waals surface area (Å²) in [6.07, 6.45) is 5.86. The van der Waals surface area contributed by atoms with E-state index in [-0.39, 0.29) is 36.4 Å². The lowest BCUT2D eigenvalue weighted by Gasteiger charge is -2.50. The van der Waals surface area contributed by atoms with Crippen LogP contribution in [0, 0.1) is 35.5 Å². The summed E-state index contributed by atoms with van der Waals surface area (Å²) < 4.78 is 5.83. The first-order chi connectivity index (χ1) is 16.2. The molecule has 176 valence electrons. The topological polar surface area (TPSA) is 117 Å². The van der Waals surface area contributed by atoms with Crippen LogP contribution in [0.3, 0.4) is 0 Å². The standard InChI is InChI=1S/C26H30N6O2/c1-15-12-29-21(30-13-15)14-32-23(33)26(31-24(32)28)20-7-18(11-27)5-6-19(20)10-25(26)8-16(2)22(34-4)17(3)9-25/h5-7,12-13,16-17,22H,8-10,14H2,1-4H3,(H2,28,31)/t16-,17+,22+,25+,26-/m1/s1. The van der Waals surface area contributed by atoms with Crippen molar-refractivity contribution in [2.45, 2.75) is 58.2 Å². The maximum Gasteiger partial charge on any atom is 0.262 e. The number of nitrogens with two attached hydrogens (primary N) is 1. The molecule has 1 aromatic heterocycles. The zero-order valence-electron chi connectivity index (χ0n) is 20.1. The lowest BCUT2D eigenvalue weighted by molar-refractivity contribution is -0.142. The van der Waals surface area contributed by atoms with Crippen LogP contribution >= 0.6 is 0 Å². The van der Waals surface area contributed by atoms with E-state index in [0.717, 1.165) is 36.0 Å². The molecule has 3 aliphatic rings. The number of nitrogens with zero attached hydrogens (tertiary/aromatic N) is 5. The van der Waals surface area contributed by atoms with Gasteiger partial charge in [0.1, 0.15) is 5.82 Å². The van der Waals surface area contributed by atoms with Crippen molar-refractivity contribution in [3.05, 3.63) is 58.7 Å². The van der Waals surface area contributed by atoms with Crippen LogP contribution in [-0.2, 0) is 28.0 Å². The lowest BCUT2D eigenvalue weighted by Crippen LogP contribution is -2.55. The average molecular weight is 459 g/mol. The highest BCUT2D eigenvalue weighted by molar-refractivity contribution is 6.08. The Bertz CT molecular complexity index is 1200. The Morgan fingerprint density at radius 3 is 2.53 bits per heavy atom. The number of ether oxygens (including phenoxy) is 1. The Hall–Kier alpha value is -3.31. The number of rotatable bonds is 3. The molecule has 1 aliphatic heterocycles. The number of carbonyl (C=O) groups excluding carboxylic acids is 1. The van der Waals surface area contributed by atoms with E-state index in [1.165, 1.54) is 4.90 Å². The first-order valence-electron chi connectivity index (χ1n) is 11.8. The van der Waals surface area contributed by atoms with Gasteiger partial charge < -0.3 is 10.5 Å². The van der Waals surface area contributed by atoms with Crippen molar-refractivity contribution in [3.63, 3.8) is 0 Å². The van der Waals surface area contributed by atoms with Gasteiger partial charge in [-0.15, -0.1) is 0 Å². The smallest absolute Gasteiger partial charge is 0.262 e. The number of guanidine groups is 1. The van der Waals surface area contributed by atoms with Crippen LogP contribution in [0.5, 0.6) is 0 Å². The number of fused-ring (bicyclic) bond motifs is 3. The molecule has 5 atom stereocenters. The molecule has 1 saturated carbocycles. The zero-order valence-corrected chi connectivity index (χ0v) is 20.1. The van der Waals surface area contributed by atoms with Crippen molar-refractivity contribution in [1.29, 1.82) is 5.26 Å². The largest absolute Gasteiger partial charge is 0.381 e. The summed E-state index contributed by atoms with van der Waals surface area (Å²) in [5.41, 5.74) is 8.18. The highest BCUT2D eigenvalue weighted by Crippen LogP contribution is 2.63. The van der Waals surface area contributed by atoms with Gasteiger partial charge in [-0.25, -0.2) is 15.0 Å². The first kappa shape index (κ1) is 22.5. The molecule has 34 heavy (non-hydrogen) atoms. The van der Waals surface area contributed by atoms with Crippen molar-refractivity contribution in [2.24, 2.45) is 28.0 Å². The molecule has 0 radical (unpaired) electrons. The van der Waals surface area contributed by atoms with E-state index in [2.05, 4.69) is 29.9 Å². The number of aliphatic imine (C=N–C) groups is 1. The van der Waals surface area contributed by atoms with Gasteiger partial charge in [-0.05, 0) is 66.8 Å². The SMILES string of the molecule is CO[C@H]1[C@H](C)C[C@@]2(Cc3ccc(C#N)cc3[C@]23N=C(N)N(Cc2ncc(C)cn2)C3=O)C[C@@H]1C. The molecule has 8 nitrogen and oxygen atoms in total. The van der Waals surface area contributed by atoms with Crippen molar-refractivity contribution < 1.29 is 9.53 Å². The van der Waals surface area contributed by atoms with Crippen LogP contribution in [0.25, 0.3) is 0 Å². The molecule has 5 rings (SSSR count). The van der Waals surface area contributed by atoms with Gasteiger partial charge in [-0.2, -0.15) is 5.26 Å². The van der Waals surface area contributed by atoms with E-state index in [1.807, 2.05) is 25.1 Å². The monoisotopic (exact) mass is 458 g/mol. The second-order valence-corrected chi connectivity index (χ2v) is 10.3. The first-order valence-corrected chi connectivity index (χ1v) is 11.8. The van der Waals surface area contributed by atoms with Crippen molar-refractivity contribution in [3.8, 4) is 6.07 Å². The van der Waals surface area contributed by atoms with Crippen molar-refractivity contribution in [2.75, 3.05) is 7.11 Å². The quantitative estimate of drug-likeness (QED) is 0.756. The van der Waals surface area contributed by atoms with E-state index < -0.39 is 11.0 Å². The Kier molecular flexibility index (Phi) is 5.21. The fourth-order valence-electron chi connectivity index (χ4n) is 6.82. The van der Waals surface area contributed by atoms with Crippen LogP contribution in [0.2, 0.25) is 0 Å². The van der Waals surface area contributed by atoms with Gasteiger partial charge >= 0.3 is 0 Å². The fourth-order valence-corrected chi connectivity index (χ4v) is 6.82. The van der Waals surface area contributed by atoms with Crippen molar-refractivity contribution in [1.82, 2.24) is 14.9 Å². The van der Waals surface area contributed by atoms with Gasteiger partial charge in [0.05, 0.1) is 24.3 Å². The van der Waals surface area contributed by atoms with Gasteiger partial charge in [-0.1, -0.05) is 19.9 Å². The van der Waals surface area contributed by atoms with Gasteiger partial charge in [0.25, 0.3) is 5.91 Å². The Morgan fingerprint density at radius 2 is 1.91 bits per heavy atom. The van der Waals surface area contributed by atoms with E-state index >= 15 is 0 Å². The Morgan fingerprint density at radius 1 is 1.24 bits per heavy atom. The molecule has 2 aromatic rings. The molecule has 2 spiro atoms. The second-order valence-electron chi connectivity index (χ2n) is 10.3. The number of aromatic nitrogens is 2. The summed E-state index contributed by atoms with van der Waals surface area (Å²) in [4.78, 5) is 29.6. The molecular weight excluding hydrogens is 428 g/mol. The highest BCUT2D eigenvalue weighted by Gasteiger charge is 2.68. The summed E-state index contributed by atoms with van der Waals surface area (Å²) in [6.45, 7) is 6.45. The number of carbonyl (C=O) groups is 1. The van der Waals surface area contributed by atoms with Gasteiger partial charge in [-0.3, -0.25) is 9.69 Å². The molecule has 1 aromatic carbocycles. The summed E-state index contributed by atoms with van der Waals surface area (Å²) in [7, 11) is 1.76. The summed E-state index contributed by atoms with van der Waals surface area (Å²) >= 11 is 0. The number of amides is 1. The third-order valence-electron chi connectivity index (χ3n) is 7.99. The molecular formula is C26H30N6O2. The number of aryl methyl sites for hydroxylation is 1. The predicted molar refractivity (Wildman–Crippen MR) is 126 cm³/mol. The minimum Gasteiger partial charge on any atom is -0.381 e. The normalized spacial score (nSPS) is 32.2. The van der Waals surface area contributed by atoms with Crippen LogP contribution in [0.1, 0.15) is 54.8 Å². The van der Waals surface area contributed by atoms with Gasteiger partial charge in [0.15, 0.2) is 11.5 Å². The van der Waals surface area contributed by atoms with Gasteiger partial charge in [0, 0.05) is 24.9 Å². The third-order valence-corrected chi connectivity index (χ3v) is 7.99. The van der Waals surface area contributed by atoms with E-state index in [9.17, 15) is 10.1 Å². The summed E-state index contributed by atoms with van der Waals surface area (Å²) in [5, 5.41) is 9.60. The number of benzene rings is 1. The molecule has 1 fully saturated rings. The molecule has 1 amide bonds. The third kappa shape index (κ3) is 3.07. The molecule has 2 heterocycles. The lowest BCUT2D eigenvalue weighted by atomic mass is 9.56. The molecule has 0 bridgehead atoms. The van der Waals surface area contributed by atoms with Crippen LogP contribution in [0.4, 0.5) is 0 Å². The number of methoxy groups -OCH3 is 1. The fraction of sp³-hybridized carbons (Fsp3) is 0.500. The maximum atomic E-state index is 14.4. The summed E-state index contributed by atoms with van der Waals surface area (Å²) in [6, 6.07) is 7.86. The van der Waals surface area contributed by atoms with Gasteiger partial charge in [0.2, 0.25) is 0 Å². The molecule has 0 unspecified atom stereocenters. The molecule has 8 heteroatoms. The average Bonchev–Trinajstić information content (AvgIpc) is 3.21. The zero-order chi connectivity index (χ0) is 24.3. The molecule has 0 saturated heterocycles. The van der Waals surface area contributed by atoms with E-state index in [0.29, 0.717) is 11.4 Å². The molecule has 2 N–H and O–H groups in total. The Balaban J connectivity index is 1.64. The van der Waals surface area contributed by atoms with Crippen LogP contribution in [-0.4, -0.2) is 39.9 Å². The maximum absolute atomic E-state index is 14.4. The second kappa shape index (κ2) is 7.88. The predicted octanol–water partition coefficient (Wildman–Crippen LogP) is 2.83. The van der Waals surface area contributed by atoms with Crippen LogP contribution < -0.4 is 5.73 Å². The Labute approximate surface area is 199 Å². The van der Waals surface area contributed by atoms with Crippen LogP contribution in [0.15, 0.2) is 35.6 Å². The highest BCUT2D eigenvalue weighted by atomic mass is 16.5. The van der Waals surface area contributed by atoms with Crippen molar-refractivity contribution >= 4 is 11.9 Å². The number of hydrogen-bond donors (Lipinski definition) is 1. The summed E-state index contributed by atoms with van der Waals surface area (Å²) in [5.74, 6) is 1.02. The minimum atomic E-state index is -1.16.